The second kappa shape index (κ2) is 15.4. The van der Waals surface area contributed by atoms with Crippen molar-refractivity contribution in [3.05, 3.63) is 114 Å². The van der Waals surface area contributed by atoms with Crippen molar-refractivity contribution in [3.63, 3.8) is 0 Å². The van der Waals surface area contributed by atoms with Gasteiger partial charge in [0.2, 0.25) is 12.1 Å². The topological polar surface area (TPSA) is 169 Å². The lowest BCUT2D eigenvalue weighted by molar-refractivity contribution is -0.141. The minimum atomic E-state index is -3.07. The molecule has 47 heavy (non-hydrogen) atoms. The Morgan fingerprint density at radius 2 is 1.40 bits per heavy atom. The highest BCUT2D eigenvalue weighted by atomic mass is 16.6. The summed E-state index contributed by atoms with van der Waals surface area (Å²) in [6.45, 7) is 2.52. The number of amides is 3. The van der Waals surface area contributed by atoms with Crippen molar-refractivity contribution in [1.82, 2.24) is 15.2 Å². The van der Waals surface area contributed by atoms with E-state index in [4.69, 9.17) is 9.47 Å². The number of carbonyl (C=O) groups excluding carboxylic acids is 5. The highest BCUT2D eigenvalue weighted by Crippen LogP contribution is 2.28. The van der Waals surface area contributed by atoms with Gasteiger partial charge in [0, 0.05) is 5.39 Å². The Labute approximate surface area is 270 Å². The molecule has 1 radical (unpaired) electrons. The smallest absolute Gasteiger partial charge is 0.418 e. The lowest BCUT2D eigenvalue weighted by Gasteiger charge is -2.37. The summed E-state index contributed by atoms with van der Waals surface area (Å²) >= 11 is 0. The zero-order chi connectivity index (χ0) is 34.0. The first kappa shape index (κ1) is 34.0. The molecule has 0 aliphatic heterocycles. The Morgan fingerprint density at radius 1 is 0.830 bits per heavy atom. The van der Waals surface area contributed by atoms with Crippen LogP contribution in [0.2, 0.25) is 0 Å². The molecule has 4 aromatic rings. The van der Waals surface area contributed by atoms with Crippen molar-refractivity contribution in [2.75, 3.05) is 0 Å². The molecular formula is C35H32N3O9. The van der Waals surface area contributed by atoms with Gasteiger partial charge in [-0.25, -0.2) is 19.5 Å². The first-order valence-electron chi connectivity index (χ1n) is 14.6. The predicted octanol–water partition coefficient (Wildman–Crippen LogP) is 4.86. The normalized spacial score (nSPS) is 12.7. The van der Waals surface area contributed by atoms with E-state index in [0.717, 1.165) is 0 Å². The van der Waals surface area contributed by atoms with Crippen LogP contribution >= 0.6 is 0 Å². The molecule has 1 heterocycles. The molecule has 0 fully saturated rings. The van der Waals surface area contributed by atoms with Gasteiger partial charge in [-0.15, -0.1) is 0 Å². The van der Waals surface area contributed by atoms with E-state index in [9.17, 15) is 33.9 Å². The van der Waals surface area contributed by atoms with Crippen LogP contribution in [-0.4, -0.2) is 62.7 Å². The molecule has 12 nitrogen and oxygen atoms in total. The quantitative estimate of drug-likeness (QED) is 0.152. The molecule has 0 saturated carbocycles. The number of alkyl carbamates (subject to hydrolysis) is 1. The third-order valence-electron chi connectivity index (χ3n) is 7.19. The van der Waals surface area contributed by atoms with Gasteiger partial charge in [0.15, 0.2) is 5.54 Å². The number of pyridine rings is 1. The molecule has 0 spiro atoms. The number of ether oxygens (including phenoxy) is 2. The molecule has 241 valence electrons. The van der Waals surface area contributed by atoms with Crippen LogP contribution in [0.5, 0.6) is 0 Å². The minimum absolute atomic E-state index is 0.123. The second-order valence-corrected chi connectivity index (χ2v) is 10.9. The predicted molar refractivity (Wildman–Crippen MR) is 169 cm³/mol. The van der Waals surface area contributed by atoms with Crippen LogP contribution in [0.4, 0.5) is 9.59 Å². The largest absolute Gasteiger partial charge is 0.481 e. The Morgan fingerprint density at radius 3 is 1.98 bits per heavy atom. The van der Waals surface area contributed by atoms with Crippen LogP contribution < -0.4 is 5.32 Å². The monoisotopic (exact) mass is 638 g/mol. The highest BCUT2D eigenvalue weighted by molar-refractivity contribution is 6.19. The summed E-state index contributed by atoms with van der Waals surface area (Å²) < 4.78 is 10.6. The summed E-state index contributed by atoms with van der Waals surface area (Å²) in [4.78, 5) is 84.6. The number of fused-ring (bicyclic) bond motifs is 1. The van der Waals surface area contributed by atoms with Gasteiger partial charge in [-0.3, -0.25) is 19.2 Å². The number of nitrogens with zero attached hydrogens (tertiary/aromatic N) is 2. The fourth-order valence-electron chi connectivity index (χ4n) is 4.77. The number of imide groups is 1. The van der Waals surface area contributed by atoms with Gasteiger partial charge in [-0.05, 0) is 29.2 Å². The highest BCUT2D eigenvalue weighted by Gasteiger charge is 2.55. The van der Waals surface area contributed by atoms with Crippen LogP contribution in [0.3, 0.4) is 0 Å². The van der Waals surface area contributed by atoms with Crippen molar-refractivity contribution in [2.45, 2.75) is 45.1 Å². The van der Waals surface area contributed by atoms with Crippen molar-refractivity contribution < 1.29 is 43.3 Å². The fourth-order valence-corrected chi connectivity index (χ4v) is 4.77. The number of para-hydroxylation sites is 1. The second-order valence-electron chi connectivity index (χ2n) is 10.9. The van der Waals surface area contributed by atoms with Crippen molar-refractivity contribution in [3.8, 4) is 0 Å². The molecule has 0 unspecified atom stereocenters. The molecule has 0 aliphatic rings. The third kappa shape index (κ3) is 8.23. The van der Waals surface area contributed by atoms with E-state index in [2.05, 4.69) is 10.3 Å². The number of ketones is 1. The summed E-state index contributed by atoms with van der Waals surface area (Å²) in [5.41, 5.74) is -1.99. The van der Waals surface area contributed by atoms with E-state index in [1.54, 1.807) is 84.9 Å². The fraction of sp³-hybridized carbons (Fsp3) is 0.229. The van der Waals surface area contributed by atoms with E-state index in [0.29, 0.717) is 22.0 Å². The summed E-state index contributed by atoms with van der Waals surface area (Å²) in [5, 5.41) is 12.9. The van der Waals surface area contributed by atoms with E-state index in [-0.39, 0.29) is 11.5 Å². The van der Waals surface area contributed by atoms with Crippen LogP contribution in [0.15, 0.2) is 97.1 Å². The number of aromatic nitrogens is 1. The number of hydrogen-bond donors (Lipinski definition) is 2. The molecule has 0 aliphatic carbocycles. The molecule has 4 rings (SSSR count). The van der Waals surface area contributed by atoms with Gasteiger partial charge in [0.25, 0.3) is 5.91 Å². The zero-order valence-corrected chi connectivity index (χ0v) is 25.6. The third-order valence-corrected chi connectivity index (χ3v) is 7.19. The van der Waals surface area contributed by atoms with Gasteiger partial charge < -0.3 is 19.9 Å². The van der Waals surface area contributed by atoms with Crippen molar-refractivity contribution >= 4 is 47.0 Å². The number of aliphatic carboxylic acids is 1. The molecule has 12 heteroatoms. The van der Waals surface area contributed by atoms with E-state index in [1.807, 2.05) is 0 Å². The number of benzene rings is 3. The summed E-state index contributed by atoms with van der Waals surface area (Å²) in [5.74, 6) is -5.04. The van der Waals surface area contributed by atoms with Gasteiger partial charge in [0.05, 0.1) is 11.9 Å². The lowest BCUT2D eigenvalue weighted by Crippen LogP contribution is -2.66. The summed E-state index contributed by atoms with van der Waals surface area (Å²) in [7, 11) is 0. The summed E-state index contributed by atoms with van der Waals surface area (Å²) in [6.07, 6.45) is -2.53. The number of nitrogens with one attached hydrogen (secondary N) is 1. The number of hydrogen-bond acceptors (Lipinski definition) is 9. The molecule has 2 N–H and O–H groups in total. The lowest BCUT2D eigenvalue weighted by atomic mass is 9.86. The molecule has 1 aromatic heterocycles. The molecule has 3 aromatic carbocycles. The molecule has 0 saturated heterocycles. The first-order valence-corrected chi connectivity index (χ1v) is 14.6. The number of rotatable bonds is 13. The Balaban J connectivity index is 1.76. The van der Waals surface area contributed by atoms with Crippen molar-refractivity contribution in [1.29, 1.82) is 0 Å². The van der Waals surface area contributed by atoms with E-state index in [1.165, 1.54) is 32.3 Å². The maximum Gasteiger partial charge on any atom is 0.418 e. The van der Waals surface area contributed by atoms with Gasteiger partial charge in [-0.2, -0.15) is 0 Å². The van der Waals surface area contributed by atoms with Gasteiger partial charge in [-0.1, -0.05) is 98.8 Å². The van der Waals surface area contributed by atoms with Gasteiger partial charge in [0.1, 0.15) is 24.9 Å². The SMILES string of the molecule is CC(C)[C@H](NC(=O)OCc1ccccc1)C(=O)N(C(=O)OCc1ccccc1)[C@]([C]=O)(CC(=O)O)C(=O)c1ccc2ccccc2n1. The van der Waals surface area contributed by atoms with E-state index < -0.39 is 66.1 Å². The van der Waals surface area contributed by atoms with Crippen LogP contribution in [0.1, 0.15) is 41.9 Å². The number of carboxylic acid groups (broad SMARTS) is 1. The van der Waals surface area contributed by atoms with Crippen LogP contribution in [0, 0.1) is 5.92 Å². The molecule has 2 atom stereocenters. The average Bonchev–Trinajstić information content (AvgIpc) is 3.08. The maximum absolute atomic E-state index is 14.3. The average molecular weight is 639 g/mol. The molecule has 3 amide bonds. The minimum Gasteiger partial charge on any atom is -0.481 e. The Hall–Kier alpha value is -5.91. The van der Waals surface area contributed by atoms with Crippen LogP contribution in [0.25, 0.3) is 10.9 Å². The molecule has 0 bridgehead atoms. The Kier molecular flexibility index (Phi) is 11.1. The number of Topliss-reactive ketones (excluding diaryl/α,β-unsaturated/α-hetero) is 1. The molecular weight excluding hydrogens is 606 g/mol. The number of carbonyl (C=O) groups is 5. The maximum atomic E-state index is 14.3. The first-order chi connectivity index (χ1) is 22.6. The Bertz CT molecular complexity index is 1760. The standard InChI is InChI=1S/C35H32N3O9/c1-23(2)30(37-33(44)46-20-24-11-5-3-6-12-24)32(43)38(34(45)47-21-25-13-7-4-8-14-25)35(22-39,19-29(40)41)31(42)28-18-17-26-15-9-10-16-27(26)36-28/h3-18,23,30H,19-21H2,1-2H3,(H,37,44)(H,40,41)/t30-,35-/m0/s1. The van der Waals surface area contributed by atoms with Gasteiger partial charge >= 0.3 is 18.2 Å². The van der Waals surface area contributed by atoms with Crippen molar-refractivity contribution in [2.24, 2.45) is 5.92 Å². The van der Waals surface area contributed by atoms with E-state index >= 15 is 0 Å². The number of carboxylic acids is 1. The summed E-state index contributed by atoms with van der Waals surface area (Å²) in [6, 6.07) is 24.9. The van der Waals surface area contributed by atoms with Crippen LogP contribution in [-0.2, 0) is 37.1 Å². The zero-order valence-electron chi connectivity index (χ0n) is 25.6.